The summed E-state index contributed by atoms with van der Waals surface area (Å²) < 4.78 is 5.21. The molecule has 1 saturated heterocycles. The van der Waals surface area contributed by atoms with Gasteiger partial charge < -0.3 is 14.3 Å². The first-order valence-electron chi connectivity index (χ1n) is 8.40. The molecule has 0 N–H and O–H groups in total. The van der Waals surface area contributed by atoms with Crippen LogP contribution in [0.2, 0.25) is 0 Å². The Kier molecular flexibility index (Phi) is 4.78. The molecule has 7 heteroatoms. The van der Waals surface area contributed by atoms with Crippen molar-refractivity contribution in [3.8, 4) is 0 Å². The number of nitrogens with zero attached hydrogens (tertiary/aromatic N) is 5. The summed E-state index contributed by atoms with van der Waals surface area (Å²) in [7, 11) is 0. The van der Waals surface area contributed by atoms with Crippen molar-refractivity contribution in [2.45, 2.75) is 33.6 Å². The number of hydrogen-bond donors (Lipinski definition) is 0. The van der Waals surface area contributed by atoms with Crippen LogP contribution in [0.1, 0.15) is 40.9 Å². The minimum absolute atomic E-state index is 0.0161. The average molecular weight is 329 g/mol. The van der Waals surface area contributed by atoms with E-state index in [0.717, 1.165) is 43.3 Å². The smallest absolute Gasteiger partial charge is 0.259 e. The maximum absolute atomic E-state index is 12.9. The quantitative estimate of drug-likeness (QED) is 0.857. The molecule has 1 aliphatic rings. The highest BCUT2D eigenvalue weighted by atomic mass is 16.5. The molecule has 0 aromatic carbocycles. The molecule has 7 nitrogen and oxygen atoms in total. The molecule has 0 spiro atoms. The van der Waals surface area contributed by atoms with Gasteiger partial charge in [-0.2, -0.15) is 5.10 Å². The maximum Gasteiger partial charge on any atom is 0.259 e. The highest BCUT2D eigenvalue weighted by Gasteiger charge is 2.26. The van der Waals surface area contributed by atoms with Gasteiger partial charge in [-0.05, 0) is 38.8 Å². The molecular weight excluding hydrogens is 306 g/mol. The molecule has 128 valence electrons. The normalized spacial score (nSPS) is 15.5. The van der Waals surface area contributed by atoms with E-state index >= 15 is 0 Å². The van der Waals surface area contributed by atoms with E-state index in [4.69, 9.17) is 4.52 Å². The monoisotopic (exact) mass is 329 g/mol. The SMILES string of the molecule is CCc1noc(C)c1C(=O)N1CCCN(c2ccc(C)nn2)CC1. The van der Waals surface area contributed by atoms with Crippen molar-refractivity contribution in [1.82, 2.24) is 20.3 Å². The van der Waals surface area contributed by atoms with E-state index in [1.807, 2.05) is 30.9 Å². The Morgan fingerprint density at radius 3 is 2.71 bits per heavy atom. The summed E-state index contributed by atoms with van der Waals surface area (Å²) in [5, 5.41) is 12.4. The van der Waals surface area contributed by atoms with Gasteiger partial charge >= 0.3 is 0 Å². The summed E-state index contributed by atoms with van der Waals surface area (Å²) in [6.45, 7) is 8.69. The van der Waals surface area contributed by atoms with Gasteiger partial charge in [-0.1, -0.05) is 12.1 Å². The van der Waals surface area contributed by atoms with Crippen LogP contribution in [0.25, 0.3) is 0 Å². The third-order valence-corrected chi connectivity index (χ3v) is 4.37. The van der Waals surface area contributed by atoms with Gasteiger partial charge in [0.2, 0.25) is 0 Å². The third-order valence-electron chi connectivity index (χ3n) is 4.37. The number of carbonyl (C=O) groups excluding carboxylic acids is 1. The fraction of sp³-hybridized carbons (Fsp3) is 0.529. The van der Waals surface area contributed by atoms with Crippen LogP contribution in [0.5, 0.6) is 0 Å². The first-order chi connectivity index (χ1) is 11.6. The van der Waals surface area contributed by atoms with E-state index in [-0.39, 0.29) is 5.91 Å². The molecule has 1 amide bonds. The number of carbonyl (C=O) groups is 1. The zero-order valence-electron chi connectivity index (χ0n) is 14.4. The number of amides is 1. The molecule has 1 aliphatic heterocycles. The van der Waals surface area contributed by atoms with Crippen molar-refractivity contribution < 1.29 is 9.32 Å². The highest BCUT2D eigenvalue weighted by Crippen LogP contribution is 2.19. The Morgan fingerprint density at radius 1 is 1.17 bits per heavy atom. The molecule has 0 bridgehead atoms. The van der Waals surface area contributed by atoms with Crippen LogP contribution in [0.15, 0.2) is 16.7 Å². The van der Waals surface area contributed by atoms with E-state index in [0.29, 0.717) is 24.3 Å². The van der Waals surface area contributed by atoms with Crippen LogP contribution >= 0.6 is 0 Å². The van der Waals surface area contributed by atoms with Crippen molar-refractivity contribution in [2.75, 3.05) is 31.1 Å². The molecule has 24 heavy (non-hydrogen) atoms. The summed E-state index contributed by atoms with van der Waals surface area (Å²) in [5.74, 6) is 1.48. The molecule has 0 atom stereocenters. The number of hydrogen-bond acceptors (Lipinski definition) is 6. The van der Waals surface area contributed by atoms with Crippen molar-refractivity contribution >= 4 is 11.7 Å². The Hall–Kier alpha value is -2.44. The lowest BCUT2D eigenvalue weighted by Gasteiger charge is -2.22. The Labute approximate surface area is 141 Å². The van der Waals surface area contributed by atoms with E-state index < -0.39 is 0 Å². The van der Waals surface area contributed by atoms with Crippen LogP contribution in [0.4, 0.5) is 5.82 Å². The Balaban J connectivity index is 1.72. The molecule has 3 rings (SSSR count). The second-order valence-corrected chi connectivity index (χ2v) is 6.08. The third kappa shape index (κ3) is 3.25. The van der Waals surface area contributed by atoms with Crippen LogP contribution in [0, 0.1) is 13.8 Å². The second kappa shape index (κ2) is 6.98. The molecule has 0 unspecified atom stereocenters. The zero-order chi connectivity index (χ0) is 17.1. The molecule has 1 fully saturated rings. The predicted octanol–water partition coefficient (Wildman–Crippen LogP) is 2.00. The van der Waals surface area contributed by atoms with Crippen molar-refractivity contribution in [3.63, 3.8) is 0 Å². The molecule has 0 radical (unpaired) electrons. The van der Waals surface area contributed by atoms with E-state index in [2.05, 4.69) is 20.3 Å². The standard InChI is InChI=1S/C17H23N5O2/c1-4-14-16(13(3)24-20-14)17(23)22-9-5-8-21(10-11-22)15-7-6-12(2)18-19-15/h6-7H,4-5,8-11H2,1-3H3. The molecule has 0 saturated carbocycles. The summed E-state index contributed by atoms with van der Waals surface area (Å²) >= 11 is 0. The highest BCUT2D eigenvalue weighted by molar-refractivity contribution is 5.96. The van der Waals surface area contributed by atoms with Gasteiger partial charge in [-0.25, -0.2) is 0 Å². The van der Waals surface area contributed by atoms with Gasteiger partial charge in [0.15, 0.2) is 5.82 Å². The minimum atomic E-state index is 0.0161. The summed E-state index contributed by atoms with van der Waals surface area (Å²) in [6, 6.07) is 3.95. The molecule has 3 heterocycles. The summed E-state index contributed by atoms with van der Waals surface area (Å²) in [4.78, 5) is 17.0. The van der Waals surface area contributed by atoms with E-state index in [9.17, 15) is 4.79 Å². The number of aromatic nitrogens is 3. The van der Waals surface area contributed by atoms with Crippen LogP contribution in [-0.2, 0) is 6.42 Å². The lowest BCUT2D eigenvalue weighted by Crippen LogP contribution is -2.36. The second-order valence-electron chi connectivity index (χ2n) is 6.08. The van der Waals surface area contributed by atoms with Crippen molar-refractivity contribution in [2.24, 2.45) is 0 Å². The molecule has 2 aromatic rings. The Bertz CT molecular complexity index is 710. The van der Waals surface area contributed by atoms with Gasteiger partial charge in [0.05, 0.1) is 11.4 Å². The largest absolute Gasteiger partial charge is 0.361 e. The van der Waals surface area contributed by atoms with Crippen molar-refractivity contribution in [1.29, 1.82) is 0 Å². The van der Waals surface area contributed by atoms with Crippen molar-refractivity contribution in [3.05, 3.63) is 34.8 Å². The summed E-state index contributed by atoms with van der Waals surface area (Å²) in [5.41, 5.74) is 2.27. The fourth-order valence-corrected chi connectivity index (χ4v) is 3.00. The molecular formula is C17H23N5O2. The number of aryl methyl sites for hydroxylation is 3. The summed E-state index contributed by atoms with van der Waals surface area (Å²) in [6.07, 6.45) is 1.59. The minimum Gasteiger partial charge on any atom is -0.361 e. The molecule has 0 aliphatic carbocycles. The lowest BCUT2D eigenvalue weighted by molar-refractivity contribution is 0.0764. The molecule has 2 aromatic heterocycles. The van der Waals surface area contributed by atoms with Gasteiger partial charge in [-0.15, -0.1) is 5.10 Å². The Morgan fingerprint density at radius 2 is 2.00 bits per heavy atom. The lowest BCUT2D eigenvalue weighted by atomic mass is 10.1. The van der Waals surface area contributed by atoms with E-state index in [1.54, 1.807) is 6.92 Å². The van der Waals surface area contributed by atoms with Crippen LogP contribution in [-0.4, -0.2) is 52.3 Å². The predicted molar refractivity (Wildman–Crippen MR) is 90.1 cm³/mol. The topological polar surface area (TPSA) is 75.4 Å². The number of rotatable bonds is 3. The first-order valence-corrected chi connectivity index (χ1v) is 8.40. The fourth-order valence-electron chi connectivity index (χ4n) is 3.00. The van der Waals surface area contributed by atoms with Crippen LogP contribution in [0.3, 0.4) is 0 Å². The van der Waals surface area contributed by atoms with Gasteiger partial charge in [0, 0.05) is 26.2 Å². The first kappa shape index (κ1) is 16.4. The van der Waals surface area contributed by atoms with E-state index in [1.165, 1.54) is 0 Å². The van der Waals surface area contributed by atoms with Crippen LogP contribution < -0.4 is 4.90 Å². The maximum atomic E-state index is 12.9. The van der Waals surface area contributed by atoms with Gasteiger partial charge in [0.25, 0.3) is 5.91 Å². The number of anilines is 1. The van der Waals surface area contributed by atoms with Gasteiger partial charge in [-0.3, -0.25) is 4.79 Å². The zero-order valence-corrected chi connectivity index (χ0v) is 14.4. The average Bonchev–Trinajstić information content (AvgIpc) is 2.80. The van der Waals surface area contributed by atoms with Gasteiger partial charge in [0.1, 0.15) is 11.3 Å².